The van der Waals surface area contributed by atoms with Gasteiger partial charge in [0.05, 0.1) is 0 Å². The molecule has 1 saturated heterocycles. The molecule has 0 radical (unpaired) electrons. The van der Waals surface area contributed by atoms with Crippen molar-refractivity contribution < 1.29 is 4.79 Å². The summed E-state index contributed by atoms with van der Waals surface area (Å²) in [6.07, 6.45) is 3.84. The highest BCUT2D eigenvalue weighted by Gasteiger charge is 2.23. The van der Waals surface area contributed by atoms with Crippen LogP contribution in [0.4, 0.5) is 0 Å². The van der Waals surface area contributed by atoms with Gasteiger partial charge in [-0.15, -0.1) is 12.4 Å². The highest BCUT2D eigenvalue weighted by atomic mass is 35.5. The molecule has 2 heterocycles. The van der Waals surface area contributed by atoms with Crippen LogP contribution >= 0.6 is 12.4 Å². The molecular formula is C11H19ClN4O. The zero-order chi connectivity index (χ0) is 11.5. The monoisotopic (exact) mass is 258 g/mol. The lowest BCUT2D eigenvalue weighted by molar-refractivity contribution is 0.0696. The van der Waals surface area contributed by atoms with Crippen LogP contribution in [0.2, 0.25) is 0 Å². The molecule has 6 heteroatoms. The normalized spacial score (nSPS) is 16.4. The Morgan fingerprint density at radius 3 is 2.71 bits per heavy atom. The van der Waals surface area contributed by atoms with Crippen molar-refractivity contribution in [3.63, 3.8) is 0 Å². The number of piperidine rings is 1. The van der Waals surface area contributed by atoms with E-state index < -0.39 is 0 Å². The maximum absolute atomic E-state index is 12.1. The summed E-state index contributed by atoms with van der Waals surface area (Å²) >= 11 is 0. The zero-order valence-corrected chi connectivity index (χ0v) is 11.0. The Balaban J connectivity index is 0.00000144. The summed E-state index contributed by atoms with van der Waals surface area (Å²) in [5.74, 6) is 0.0208. The van der Waals surface area contributed by atoms with E-state index >= 15 is 0 Å². The molecule has 17 heavy (non-hydrogen) atoms. The minimum Gasteiger partial charge on any atom is -0.337 e. The largest absolute Gasteiger partial charge is 0.337 e. The third-order valence-corrected chi connectivity index (χ3v) is 3.11. The second-order valence-electron chi connectivity index (χ2n) is 4.27. The molecule has 1 aliphatic rings. The van der Waals surface area contributed by atoms with Crippen molar-refractivity contribution in [2.24, 2.45) is 7.05 Å². The van der Waals surface area contributed by atoms with Crippen LogP contribution in [0.1, 0.15) is 23.3 Å². The van der Waals surface area contributed by atoms with Gasteiger partial charge in [0.2, 0.25) is 0 Å². The summed E-state index contributed by atoms with van der Waals surface area (Å²) < 4.78 is 1.66. The van der Waals surface area contributed by atoms with Gasteiger partial charge in [-0.1, -0.05) is 0 Å². The third-order valence-electron chi connectivity index (χ3n) is 3.11. The molecule has 0 spiro atoms. The maximum Gasteiger partial charge on any atom is 0.274 e. The second kappa shape index (κ2) is 6.02. The SMILES string of the molecule is CN(C(=O)c1ccn(C)n1)C1CCNCC1.Cl. The quantitative estimate of drug-likeness (QED) is 0.848. The molecule has 1 fully saturated rings. The molecule has 1 N–H and O–H groups in total. The fourth-order valence-electron chi connectivity index (χ4n) is 2.07. The minimum absolute atomic E-state index is 0. The first-order valence-corrected chi connectivity index (χ1v) is 5.66. The van der Waals surface area contributed by atoms with Crippen molar-refractivity contribution in [2.75, 3.05) is 20.1 Å². The Morgan fingerprint density at radius 1 is 1.53 bits per heavy atom. The van der Waals surface area contributed by atoms with E-state index in [1.807, 2.05) is 19.0 Å². The fraction of sp³-hybridized carbons (Fsp3) is 0.636. The molecule has 0 atom stereocenters. The Kier molecular flexibility index (Phi) is 4.96. The number of hydrogen-bond donors (Lipinski definition) is 1. The van der Waals surface area contributed by atoms with Crippen molar-refractivity contribution in [1.82, 2.24) is 20.0 Å². The maximum atomic E-state index is 12.1. The van der Waals surface area contributed by atoms with E-state index in [1.165, 1.54) is 0 Å². The molecule has 1 amide bonds. The molecular weight excluding hydrogens is 240 g/mol. The van der Waals surface area contributed by atoms with E-state index in [4.69, 9.17) is 0 Å². The van der Waals surface area contributed by atoms with Crippen LogP contribution in [0.25, 0.3) is 0 Å². The van der Waals surface area contributed by atoms with Crippen molar-refractivity contribution in [3.05, 3.63) is 18.0 Å². The molecule has 0 saturated carbocycles. The van der Waals surface area contributed by atoms with Crippen molar-refractivity contribution >= 4 is 18.3 Å². The lowest BCUT2D eigenvalue weighted by Crippen LogP contribution is -2.44. The second-order valence-corrected chi connectivity index (χ2v) is 4.27. The standard InChI is InChI=1S/C11H18N4O.ClH/c1-14-8-5-10(13-14)11(16)15(2)9-3-6-12-7-4-9;/h5,8-9,12H,3-4,6-7H2,1-2H3;1H. The summed E-state index contributed by atoms with van der Waals surface area (Å²) in [6, 6.07) is 2.11. The number of amides is 1. The number of aryl methyl sites for hydroxylation is 1. The van der Waals surface area contributed by atoms with Gasteiger partial charge in [0.25, 0.3) is 5.91 Å². The molecule has 1 aromatic rings. The highest BCUT2D eigenvalue weighted by Crippen LogP contribution is 2.12. The van der Waals surface area contributed by atoms with E-state index in [1.54, 1.807) is 16.9 Å². The molecule has 0 unspecified atom stereocenters. The van der Waals surface area contributed by atoms with Crippen LogP contribution in [0, 0.1) is 0 Å². The molecule has 1 aliphatic heterocycles. The van der Waals surface area contributed by atoms with Gasteiger partial charge in [-0.25, -0.2) is 0 Å². The highest BCUT2D eigenvalue weighted by molar-refractivity contribution is 5.92. The predicted molar refractivity (Wildman–Crippen MR) is 68.4 cm³/mol. The number of carbonyl (C=O) groups excluding carboxylic acids is 1. The summed E-state index contributed by atoms with van der Waals surface area (Å²) in [4.78, 5) is 13.9. The Bertz CT molecular complexity index is 373. The summed E-state index contributed by atoms with van der Waals surface area (Å²) in [5.41, 5.74) is 0.531. The lowest BCUT2D eigenvalue weighted by atomic mass is 10.1. The molecule has 0 aliphatic carbocycles. The van der Waals surface area contributed by atoms with E-state index in [0.717, 1.165) is 25.9 Å². The smallest absolute Gasteiger partial charge is 0.274 e. The fourth-order valence-corrected chi connectivity index (χ4v) is 2.07. The van der Waals surface area contributed by atoms with Gasteiger partial charge >= 0.3 is 0 Å². The van der Waals surface area contributed by atoms with Gasteiger partial charge in [0, 0.05) is 26.3 Å². The van der Waals surface area contributed by atoms with Gasteiger partial charge in [0.15, 0.2) is 0 Å². The topological polar surface area (TPSA) is 50.2 Å². The Labute approximate surface area is 108 Å². The van der Waals surface area contributed by atoms with Crippen LogP contribution in [0.15, 0.2) is 12.3 Å². The summed E-state index contributed by atoms with van der Waals surface area (Å²) in [6.45, 7) is 1.98. The first kappa shape index (κ1) is 14.0. The number of carbonyl (C=O) groups is 1. The van der Waals surface area contributed by atoms with Crippen LogP contribution in [-0.2, 0) is 7.05 Å². The van der Waals surface area contributed by atoms with Gasteiger partial charge in [0.1, 0.15) is 5.69 Å². The van der Waals surface area contributed by atoms with Gasteiger partial charge in [-0.05, 0) is 32.0 Å². The van der Waals surface area contributed by atoms with Crippen molar-refractivity contribution in [1.29, 1.82) is 0 Å². The van der Waals surface area contributed by atoms with E-state index in [-0.39, 0.29) is 18.3 Å². The molecule has 96 valence electrons. The zero-order valence-electron chi connectivity index (χ0n) is 10.2. The van der Waals surface area contributed by atoms with E-state index in [2.05, 4.69) is 10.4 Å². The molecule has 0 bridgehead atoms. The lowest BCUT2D eigenvalue weighted by Gasteiger charge is -2.31. The Morgan fingerprint density at radius 2 is 2.18 bits per heavy atom. The van der Waals surface area contributed by atoms with Crippen LogP contribution in [-0.4, -0.2) is 46.8 Å². The first-order valence-electron chi connectivity index (χ1n) is 5.66. The number of nitrogens with one attached hydrogen (secondary N) is 1. The van der Waals surface area contributed by atoms with E-state index in [0.29, 0.717) is 11.7 Å². The number of aromatic nitrogens is 2. The van der Waals surface area contributed by atoms with Crippen LogP contribution < -0.4 is 5.32 Å². The Hall–Kier alpha value is -1.07. The molecule has 0 aromatic carbocycles. The van der Waals surface area contributed by atoms with Gasteiger partial charge in [-0.3, -0.25) is 9.48 Å². The summed E-state index contributed by atoms with van der Waals surface area (Å²) in [5, 5.41) is 7.43. The average molecular weight is 259 g/mol. The molecule has 1 aromatic heterocycles. The van der Waals surface area contributed by atoms with Crippen molar-refractivity contribution in [2.45, 2.75) is 18.9 Å². The third kappa shape index (κ3) is 3.20. The average Bonchev–Trinajstić information content (AvgIpc) is 2.75. The first-order chi connectivity index (χ1) is 7.68. The van der Waals surface area contributed by atoms with Gasteiger partial charge in [-0.2, -0.15) is 5.10 Å². The number of rotatable bonds is 2. The number of hydrogen-bond acceptors (Lipinski definition) is 3. The minimum atomic E-state index is 0. The van der Waals surface area contributed by atoms with Crippen LogP contribution in [0.3, 0.4) is 0 Å². The van der Waals surface area contributed by atoms with Crippen molar-refractivity contribution in [3.8, 4) is 0 Å². The number of nitrogens with zero attached hydrogens (tertiary/aromatic N) is 3. The predicted octanol–water partition coefficient (Wildman–Crippen LogP) is 0.666. The summed E-state index contributed by atoms with van der Waals surface area (Å²) in [7, 11) is 3.69. The van der Waals surface area contributed by atoms with E-state index in [9.17, 15) is 4.79 Å². The van der Waals surface area contributed by atoms with Gasteiger partial charge < -0.3 is 10.2 Å². The molecule has 5 nitrogen and oxygen atoms in total. The number of halogens is 1. The van der Waals surface area contributed by atoms with Crippen LogP contribution in [0.5, 0.6) is 0 Å². The molecule has 2 rings (SSSR count).